The summed E-state index contributed by atoms with van der Waals surface area (Å²) in [6.45, 7) is 3.17. The van der Waals surface area contributed by atoms with E-state index in [1.54, 1.807) is 6.07 Å². The van der Waals surface area contributed by atoms with Crippen molar-refractivity contribution in [3.63, 3.8) is 0 Å². The van der Waals surface area contributed by atoms with E-state index in [4.69, 9.17) is 23.2 Å². The summed E-state index contributed by atoms with van der Waals surface area (Å²) < 4.78 is 4.25. The molecule has 7 heteroatoms. The summed E-state index contributed by atoms with van der Waals surface area (Å²) in [5.74, 6) is 0.980. The van der Waals surface area contributed by atoms with Crippen molar-refractivity contribution in [3.8, 4) is 11.3 Å². The van der Waals surface area contributed by atoms with Gasteiger partial charge in [0.2, 0.25) is 0 Å². The molecule has 0 N–H and O–H groups in total. The van der Waals surface area contributed by atoms with Crippen LogP contribution >= 0.6 is 35.6 Å². The number of hydrogen-bond donors (Lipinski definition) is 0. The molecule has 1 aliphatic rings. The van der Waals surface area contributed by atoms with Gasteiger partial charge in [0.15, 0.2) is 5.69 Å². The Morgan fingerprint density at radius 3 is 2.61 bits per heavy atom. The van der Waals surface area contributed by atoms with E-state index in [1.165, 1.54) is 0 Å². The first-order valence-corrected chi connectivity index (χ1v) is 9.65. The maximum absolute atomic E-state index is 12.5. The number of aliphatic imine (C=N–C) groups is 1. The Hall–Kier alpha value is -2.01. The van der Waals surface area contributed by atoms with E-state index in [9.17, 15) is 5.11 Å². The average Bonchev–Trinajstić information content (AvgIpc) is 3.23. The number of aryl methyl sites for hydroxylation is 1. The Balaban J connectivity index is 0.00000225. The fourth-order valence-electron chi connectivity index (χ4n) is 3.48. The van der Waals surface area contributed by atoms with Crippen molar-refractivity contribution >= 4 is 47.2 Å². The zero-order chi connectivity index (χ0) is 19.0. The molecule has 146 valence electrons. The van der Waals surface area contributed by atoms with E-state index in [0.29, 0.717) is 15.7 Å². The second kappa shape index (κ2) is 8.56. The Bertz CT molecular complexity index is 1030. The van der Waals surface area contributed by atoms with Crippen LogP contribution in [0.2, 0.25) is 10.0 Å². The minimum Gasteiger partial charge on any atom is -0.859 e. The molecule has 2 heterocycles. The number of aromatic nitrogens is 2. The number of hydrogen-bond acceptors (Lipinski definition) is 2. The molecule has 0 bridgehead atoms. The van der Waals surface area contributed by atoms with E-state index in [2.05, 4.69) is 9.56 Å². The van der Waals surface area contributed by atoms with Crippen LogP contribution in [-0.4, -0.2) is 10.5 Å². The van der Waals surface area contributed by atoms with Crippen LogP contribution in [0.15, 0.2) is 53.7 Å². The van der Waals surface area contributed by atoms with Crippen LogP contribution in [0.25, 0.3) is 11.3 Å². The molecular weight excluding hydrogens is 417 g/mol. The van der Waals surface area contributed by atoms with Crippen molar-refractivity contribution in [1.29, 1.82) is 0 Å². The van der Waals surface area contributed by atoms with Gasteiger partial charge in [-0.2, -0.15) is 0 Å². The highest BCUT2D eigenvalue weighted by Gasteiger charge is 2.28. The summed E-state index contributed by atoms with van der Waals surface area (Å²) in [6.07, 6.45) is 4.02. The highest BCUT2D eigenvalue weighted by atomic mass is 35.5. The molecule has 0 unspecified atom stereocenters. The summed E-state index contributed by atoms with van der Waals surface area (Å²) in [5.41, 5.74) is 3.87. The van der Waals surface area contributed by atoms with Gasteiger partial charge in [-0.1, -0.05) is 40.9 Å². The largest absolute Gasteiger partial charge is 0.859 e. The van der Waals surface area contributed by atoms with E-state index in [0.717, 1.165) is 42.0 Å². The second-order valence-electron chi connectivity index (χ2n) is 6.78. The molecule has 0 saturated carbocycles. The molecule has 1 aromatic heterocycles. The maximum Gasteiger partial charge on any atom is 0.257 e. The summed E-state index contributed by atoms with van der Waals surface area (Å²) in [6, 6.07) is 13.3. The lowest BCUT2D eigenvalue weighted by Gasteiger charge is -2.09. The van der Waals surface area contributed by atoms with Crippen LogP contribution in [0.3, 0.4) is 0 Å². The first-order valence-electron chi connectivity index (χ1n) is 8.90. The first-order chi connectivity index (χ1) is 13.0. The van der Waals surface area contributed by atoms with E-state index < -0.39 is 0 Å². The third-order valence-corrected chi connectivity index (χ3v) is 5.54. The monoisotopic (exact) mass is 435 g/mol. The minimum absolute atomic E-state index is 0. The highest BCUT2D eigenvalue weighted by molar-refractivity contribution is 6.42. The van der Waals surface area contributed by atoms with Gasteiger partial charge in [-0.3, -0.25) is 4.99 Å². The van der Waals surface area contributed by atoms with Gasteiger partial charge in [0.25, 0.3) is 5.82 Å². The van der Waals surface area contributed by atoms with Crippen molar-refractivity contribution in [1.82, 2.24) is 4.57 Å². The zero-order valence-corrected chi connectivity index (χ0v) is 17.7. The van der Waals surface area contributed by atoms with Crippen LogP contribution in [0.5, 0.6) is 0 Å². The SMILES string of the molecule is Cc1ccc(N=C([O-])C[n+]2cc(-c3ccc(Cl)c(Cl)c3)n3c2CCC3)cc1.Cl. The van der Waals surface area contributed by atoms with Crippen LogP contribution < -0.4 is 9.67 Å². The van der Waals surface area contributed by atoms with Crippen molar-refractivity contribution in [2.45, 2.75) is 32.9 Å². The summed E-state index contributed by atoms with van der Waals surface area (Å²) in [4.78, 5) is 4.22. The predicted octanol–water partition coefficient (Wildman–Crippen LogP) is 4.52. The molecular formula is C21H20Cl3N3O. The number of imidazole rings is 1. The highest BCUT2D eigenvalue weighted by Crippen LogP contribution is 2.30. The van der Waals surface area contributed by atoms with Crippen LogP contribution in [0, 0.1) is 6.92 Å². The fraction of sp³-hybridized carbons (Fsp3) is 0.238. The number of rotatable bonds is 4. The summed E-state index contributed by atoms with van der Waals surface area (Å²) in [7, 11) is 0. The third kappa shape index (κ3) is 4.19. The maximum atomic E-state index is 12.5. The van der Waals surface area contributed by atoms with Crippen LogP contribution in [0.1, 0.15) is 17.8 Å². The van der Waals surface area contributed by atoms with Crippen molar-refractivity contribution in [2.24, 2.45) is 4.99 Å². The lowest BCUT2D eigenvalue weighted by Crippen LogP contribution is -2.43. The lowest BCUT2D eigenvalue weighted by atomic mass is 10.1. The number of fused-ring (bicyclic) bond motifs is 1. The van der Waals surface area contributed by atoms with Crippen molar-refractivity contribution in [3.05, 3.63) is 70.1 Å². The summed E-state index contributed by atoms with van der Waals surface area (Å²) >= 11 is 12.2. The van der Waals surface area contributed by atoms with Gasteiger partial charge in [-0.05, 0) is 43.7 Å². The Morgan fingerprint density at radius 2 is 1.89 bits per heavy atom. The second-order valence-corrected chi connectivity index (χ2v) is 7.60. The molecule has 4 nitrogen and oxygen atoms in total. The fourth-order valence-corrected chi connectivity index (χ4v) is 3.77. The van der Waals surface area contributed by atoms with E-state index in [1.807, 2.05) is 54.1 Å². The molecule has 0 fully saturated rings. The molecule has 0 radical (unpaired) electrons. The van der Waals surface area contributed by atoms with Gasteiger partial charge in [0.05, 0.1) is 28.7 Å². The van der Waals surface area contributed by atoms with E-state index in [-0.39, 0.29) is 24.8 Å². The van der Waals surface area contributed by atoms with Gasteiger partial charge in [-0.15, -0.1) is 12.4 Å². The minimum atomic E-state index is -0.162. The van der Waals surface area contributed by atoms with Gasteiger partial charge in [-0.25, -0.2) is 9.13 Å². The zero-order valence-electron chi connectivity index (χ0n) is 15.4. The molecule has 3 aromatic rings. The van der Waals surface area contributed by atoms with Crippen molar-refractivity contribution in [2.75, 3.05) is 0 Å². The molecule has 4 rings (SSSR count). The van der Waals surface area contributed by atoms with Gasteiger partial charge in [0.1, 0.15) is 12.7 Å². The Kier molecular flexibility index (Phi) is 6.33. The number of nitrogens with zero attached hydrogens (tertiary/aromatic N) is 3. The molecule has 0 atom stereocenters. The number of benzene rings is 2. The summed E-state index contributed by atoms with van der Waals surface area (Å²) in [5, 5.41) is 13.5. The average molecular weight is 437 g/mol. The molecule has 28 heavy (non-hydrogen) atoms. The van der Waals surface area contributed by atoms with Crippen LogP contribution in [0.4, 0.5) is 5.69 Å². The van der Waals surface area contributed by atoms with Crippen LogP contribution in [-0.2, 0) is 19.5 Å². The quantitative estimate of drug-likeness (QED) is 0.337. The molecule has 0 saturated heterocycles. The normalized spacial score (nSPS) is 13.3. The van der Waals surface area contributed by atoms with Gasteiger partial charge in [0, 0.05) is 11.5 Å². The molecule has 0 spiro atoms. The third-order valence-electron chi connectivity index (χ3n) is 4.80. The first kappa shape index (κ1) is 20.7. The topological polar surface area (TPSA) is 44.2 Å². The molecule has 0 amide bonds. The van der Waals surface area contributed by atoms with Gasteiger partial charge >= 0.3 is 0 Å². The van der Waals surface area contributed by atoms with E-state index >= 15 is 0 Å². The smallest absolute Gasteiger partial charge is 0.257 e. The molecule has 1 aliphatic heterocycles. The molecule has 0 aliphatic carbocycles. The van der Waals surface area contributed by atoms with Crippen molar-refractivity contribution < 1.29 is 9.67 Å². The molecule has 2 aromatic carbocycles. The lowest BCUT2D eigenvalue weighted by molar-refractivity contribution is -0.693. The standard InChI is InChI=1S/C21H19Cl2N3O.ClH/c1-14-4-7-16(8-5-14)24-20(27)13-25-12-19(26-10-2-3-21(25)26)15-6-9-17(22)18(23)11-15;/h4-9,11-12H,2-3,10,13H2,1H3;1H. The van der Waals surface area contributed by atoms with Gasteiger partial charge < -0.3 is 5.11 Å². The Morgan fingerprint density at radius 1 is 1.14 bits per heavy atom. The number of halogens is 3. The Labute approximate surface area is 180 Å². The predicted molar refractivity (Wildman–Crippen MR) is 114 cm³/mol.